The first-order chi connectivity index (χ1) is 13.4. The summed E-state index contributed by atoms with van der Waals surface area (Å²) in [5.74, 6) is 0.677. The van der Waals surface area contributed by atoms with Crippen LogP contribution in [0.5, 0.6) is 0 Å². The molecule has 0 bridgehead atoms. The first-order valence-electron chi connectivity index (χ1n) is 8.40. The molecule has 4 rings (SSSR count). The lowest BCUT2D eigenvalue weighted by Gasteiger charge is -2.28. The third-order valence-corrected chi connectivity index (χ3v) is 7.45. The van der Waals surface area contributed by atoms with E-state index in [4.69, 9.17) is 11.6 Å². The van der Waals surface area contributed by atoms with E-state index in [1.54, 1.807) is 24.3 Å². The van der Waals surface area contributed by atoms with E-state index >= 15 is 0 Å². The first-order valence-corrected chi connectivity index (χ1v) is 11.2. The van der Waals surface area contributed by atoms with Crippen molar-refractivity contribution in [1.29, 1.82) is 0 Å². The Kier molecular flexibility index (Phi) is 4.91. The summed E-state index contributed by atoms with van der Waals surface area (Å²) in [6.45, 7) is 3.75. The molecular formula is C20H16ClN3O2S2. The minimum atomic E-state index is -3.71. The molecule has 0 aliphatic carbocycles. The second-order valence-corrected chi connectivity index (χ2v) is 9.55. The van der Waals surface area contributed by atoms with Gasteiger partial charge >= 0.3 is 0 Å². The van der Waals surface area contributed by atoms with Gasteiger partial charge in [0.25, 0.3) is 10.0 Å². The maximum atomic E-state index is 12.8. The Balaban J connectivity index is 1.69. The average Bonchev–Trinajstić information content (AvgIpc) is 2.71. The van der Waals surface area contributed by atoms with E-state index in [1.807, 2.05) is 24.3 Å². The van der Waals surface area contributed by atoms with E-state index in [1.165, 1.54) is 29.3 Å². The van der Waals surface area contributed by atoms with Crippen LogP contribution < -0.4 is 4.31 Å². The van der Waals surface area contributed by atoms with E-state index in [0.29, 0.717) is 27.3 Å². The lowest BCUT2D eigenvalue weighted by Crippen LogP contribution is -2.31. The van der Waals surface area contributed by atoms with E-state index < -0.39 is 10.0 Å². The zero-order valence-corrected chi connectivity index (χ0v) is 17.4. The quantitative estimate of drug-likeness (QED) is 0.437. The number of aromatic nitrogens is 2. The third-order valence-electron chi connectivity index (χ3n) is 4.51. The zero-order chi connectivity index (χ0) is 19.9. The van der Waals surface area contributed by atoms with Gasteiger partial charge in [-0.2, -0.15) is 0 Å². The molecule has 0 amide bonds. The summed E-state index contributed by atoms with van der Waals surface area (Å²) in [6.07, 6.45) is 3.18. The fourth-order valence-corrected chi connectivity index (χ4v) is 5.17. The standard InChI is InChI=1S/C20H16ClN3O2S2/c1-3-13-4-6-14(7-5-13)12-27-20-22-11-18-19(23-20)16-9-8-15(21)10-17(16)24(2)28(18,25)26/h3-11H,1,12H2,2H3. The number of benzene rings is 2. The van der Waals surface area contributed by atoms with Crippen LogP contribution in [0.4, 0.5) is 5.69 Å². The van der Waals surface area contributed by atoms with Crippen LogP contribution in [0.3, 0.4) is 0 Å². The van der Waals surface area contributed by atoms with Crippen molar-refractivity contribution < 1.29 is 8.42 Å². The molecule has 0 spiro atoms. The summed E-state index contributed by atoms with van der Waals surface area (Å²) < 4.78 is 26.9. The number of fused-ring (bicyclic) bond motifs is 3. The van der Waals surface area contributed by atoms with Crippen molar-refractivity contribution in [1.82, 2.24) is 9.97 Å². The maximum Gasteiger partial charge on any atom is 0.267 e. The van der Waals surface area contributed by atoms with Gasteiger partial charge in [-0.25, -0.2) is 18.4 Å². The second-order valence-electron chi connectivity index (χ2n) is 6.23. The minimum absolute atomic E-state index is 0.101. The summed E-state index contributed by atoms with van der Waals surface area (Å²) in [5.41, 5.74) is 3.81. The first kappa shape index (κ1) is 19.0. The monoisotopic (exact) mass is 429 g/mol. The molecule has 0 saturated heterocycles. The average molecular weight is 430 g/mol. The van der Waals surface area contributed by atoms with Crippen LogP contribution in [-0.4, -0.2) is 25.4 Å². The van der Waals surface area contributed by atoms with Gasteiger partial charge < -0.3 is 0 Å². The minimum Gasteiger partial charge on any atom is -0.269 e. The predicted molar refractivity (Wildman–Crippen MR) is 114 cm³/mol. The number of rotatable bonds is 4. The number of anilines is 1. The molecule has 1 aliphatic rings. The molecule has 0 saturated carbocycles. The van der Waals surface area contributed by atoms with Crippen molar-refractivity contribution in [3.8, 4) is 11.3 Å². The van der Waals surface area contributed by atoms with Crippen molar-refractivity contribution >= 4 is 45.1 Å². The van der Waals surface area contributed by atoms with E-state index in [2.05, 4.69) is 16.5 Å². The van der Waals surface area contributed by atoms with Gasteiger partial charge in [-0.3, -0.25) is 4.31 Å². The smallest absolute Gasteiger partial charge is 0.267 e. The van der Waals surface area contributed by atoms with Gasteiger partial charge in [0.05, 0.1) is 17.6 Å². The molecule has 142 valence electrons. The molecule has 0 unspecified atom stereocenters. The van der Waals surface area contributed by atoms with Crippen LogP contribution >= 0.6 is 23.4 Å². The van der Waals surface area contributed by atoms with Gasteiger partial charge in [0.1, 0.15) is 4.90 Å². The zero-order valence-electron chi connectivity index (χ0n) is 15.0. The fourth-order valence-electron chi connectivity index (χ4n) is 2.95. The SMILES string of the molecule is C=Cc1ccc(CSc2ncc3c(n2)-c2ccc(Cl)cc2N(C)S3(=O)=O)cc1. The lowest BCUT2D eigenvalue weighted by atomic mass is 10.1. The summed E-state index contributed by atoms with van der Waals surface area (Å²) >= 11 is 7.52. The molecule has 0 radical (unpaired) electrons. The number of halogens is 1. The number of thioether (sulfide) groups is 1. The Morgan fingerprint density at radius 1 is 1.21 bits per heavy atom. The molecular weight excluding hydrogens is 414 g/mol. The topological polar surface area (TPSA) is 63.2 Å². The highest BCUT2D eigenvalue weighted by Crippen LogP contribution is 2.42. The van der Waals surface area contributed by atoms with Crippen LogP contribution in [-0.2, 0) is 15.8 Å². The molecule has 1 aromatic heterocycles. The molecule has 0 atom stereocenters. The van der Waals surface area contributed by atoms with Gasteiger partial charge in [-0.15, -0.1) is 0 Å². The van der Waals surface area contributed by atoms with E-state index in [-0.39, 0.29) is 4.90 Å². The summed E-state index contributed by atoms with van der Waals surface area (Å²) in [5, 5.41) is 0.989. The number of nitrogens with zero attached hydrogens (tertiary/aromatic N) is 3. The lowest BCUT2D eigenvalue weighted by molar-refractivity contribution is 0.592. The predicted octanol–water partition coefficient (Wildman–Crippen LogP) is 4.87. The van der Waals surface area contributed by atoms with Gasteiger partial charge in [-0.1, -0.05) is 60.3 Å². The van der Waals surface area contributed by atoms with Crippen LogP contribution in [0, 0.1) is 0 Å². The number of sulfonamides is 1. The molecule has 3 aromatic rings. The Hall–Kier alpha value is -2.35. The Labute approximate surface area is 173 Å². The number of hydrogen-bond acceptors (Lipinski definition) is 5. The molecule has 0 N–H and O–H groups in total. The van der Waals surface area contributed by atoms with Crippen molar-refractivity contribution in [3.63, 3.8) is 0 Å². The summed E-state index contributed by atoms with van der Waals surface area (Å²) in [7, 11) is -2.21. The Morgan fingerprint density at radius 2 is 1.96 bits per heavy atom. The molecule has 2 aromatic carbocycles. The van der Waals surface area contributed by atoms with E-state index in [0.717, 1.165) is 16.7 Å². The Morgan fingerprint density at radius 3 is 2.68 bits per heavy atom. The van der Waals surface area contributed by atoms with Crippen molar-refractivity contribution in [2.75, 3.05) is 11.4 Å². The van der Waals surface area contributed by atoms with Crippen molar-refractivity contribution in [2.24, 2.45) is 0 Å². The summed E-state index contributed by atoms with van der Waals surface area (Å²) in [4.78, 5) is 8.92. The molecule has 28 heavy (non-hydrogen) atoms. The van der Waals surface area contributed by atoms with Gasteiger partial charge in [0, 0.05) is 23.4 Å². The number of hydrogen-bond donors (Lipinski definition) is 0. The second kappa shape index (κ2) is 7.24. The van der Waals surface area contributed by atoms with Gasteiger partial charge in [0.15, 0.2) is 5.16 Å². The third kappa shape index (κ3) is 3.30. The van der Waals surface area contributed by atoms with Crippen LogP contribution in [0.1, 0.15) is 11.1 Å². The van der Waals surface area contributed by atoms with Crippen LogP contribution in [0.15, 0.2) is 65.3 Å². The Bertz CT molecular complexity index is 1180. The molecule has 0 fully saturated rings. The molecule has 8 heteroatoms. The molecule has 2 heterocycles. The highest BCUT2D eigenvalue weighted by atomic mass is 35.5. The highest BCUT2D eigenvalue weighted by molar-refractivity contribution is 7.98. The summed E-state index contributed by atoms with van der Waals surface area (Å²) in [6, 6.07) is 13.2. The van der Waals surface area contributed by atoms with Crippen molar-refractivity contribution in [3.05, 3.63) is 71.4 Å². The normalized spacial score (nSPS) is 14.3. The van der Waals surface area contributed by atoms with Crippen molar-refractivity contribution in [2.45, 2.75) is 15.8 Å². The highest BCUT2D eigenvalue weighted by Gasteiger charge is 2.34. The largest absolute Gasteiger partial charge is 0.269 e. The van der Waals surface area contributed by atoms with Gasteiger partial charge in [-0.05, 0) is 29.3 Å². The van der Waals surface area contributed by atoms with Crippen LogP contribution in [0.25, 0.3) is 17.3 Å². The molecule has 5 nitrogen and oxygen atoms in total. The van der Waals surface area contributed by atoms with Gasteiger partial charge in [0.2, 0.25) is 0 Å². The molecule has 1 aliphatic heterocycles. The maximum absolute atomic E-state index is 12.8. The van der Waals surface area contributed by atoms with Crippen LogP contribution in [0.2, 0.25) is 5.02 Å². The van der Waals surface area contributed by atoms with E-state index in [9.17, 15) is 8.42 Å². The fraction of sp³-hybridized carbons (Fsp3) is 0.100.